The van der Waals surface area contributed by atoms with E-state index in [9.17, 15) is 4.79 Å². The first-order chi connectivity index (χ1) is 16.9. The van der Waals surface area contributed by atoms with Gasteiger partial charge in [0.05, 0.1) is 24.0 Å². The van der Waals surface area contributed by atoms with Crippen LogP contribution in [0.25, 0.3) is 0 Å². The highest BCUT2D eigenvalue weighted by Crippen LogP contribution is 2.45. The molecule has 0 saturated heterocycles. The van der Waals surface area contributed by atoms with E-state index in [2.05, 4.69) is 40.4 Å². The Kier molecular flexibility index (Phi) is 6.65. The van der Waals surface area contributed by atoms with E-state index in [-0.39, 0.29) is 17.5 Å². The van der Waals surface area contributed by atoms with Crippen molar-refractivity contribution in [3.05, 3.63) is 99.4 Å². The lowest BCUT2D eigenvalue weighted by Crippen LogP contribution is -2.27. The van der Waals surface area contributed by atoms with Crippen LogP contribution in [-0.4, -0.2) is 12.4 Å². The van der Waals surface area contributed by atoms with Gasteiger partial charge < -0.3 is 15.4 Å². The van der Waals surface area contributed by atoms with Crippen LogP contribution in [-0.2, 0) is 4.79 Å². The number of hydrogen-bond acceptors (Lipinski definition) is 4. The third kappa shape index (κ3) is 4.98. The standard InChI is InChI=1S/C29H28BrFN2O2/c1-17(2)16-35-21-10-7-18(8-11-21)19-13-26-28(27(34)14-19)29(22-15-20(30)9-12-23(22)31)33-25-6-4-3-5-24(25)32-26/h3-12,15,17,19,29,32-33H,13-14,16H2,1-2H3. The molecule has 0 radical (unpaired) electrons. The van der Waals surface area contributed by atoms with Crippen LogP contribution in [0.3, 0.4) is 0 Å². The number of ether oxygens (including phenoxy) is 1. The van der Waals surface area contributed by atoms with Crippen molar-refractivity contribution in [3.63, 3.8) is 0 Å². The smallest absolute Gasteiger partial charge is 0.163 e. The zero-order valence-electron chi connectivity index (χ0n) is 19.8. The Hall–Kier alpha value is -3.12. The summed E-state index contributed by atoms with van der Waals surface area (Å²) in [6.45, 7) is 4.90. The molecule has 0 bridgehead atoms. The third-order valence-corrected chi connectivity index (χ3v) is 7.01. The number of carbonyl (C=O) groups excluding carboxylic acids is 1. The molecule has 2 aliphatic rings. The molecule has 35 heavy (non-hydrogen) atoms. The number of carbonyl (C=O) groups is 1. The SMILES string of the molecule is CC(C)COc1ccc(C2CC(=O)C3=C(C2)Nc2ccccc2NC3c2cc(Br)ccc2F)cc1. The molecule has 6 heteroatoms. The molecule has 1 heterocycles. The fourth-order valence-corrected chi connectivity index (χ4v) is 5.18. The quantitative estimate of drug-likeness (QED) is 0.353. The van der Waals surface area contributed by atoms with E-state index in [0.717, 1.165) is 32.9 Å². The monoisotopic (exact) mass is 534 g/mol. The van der Waals surface area contributed by atoms with Crippen LogP contribution in [0.5, 0.6) is 5.75 Å². The first-order valence-electron chi connectivity index (χ1n) is 12.0. The number of halogens is 2. The summed E-state index contributed by atoms with van der Waals surface area (Å²) in [5, 5.41) is 6.95. The highest BCUT2D eigenvalue weighted by atomic mass is 79.9. The number of para-hydroxylation sites is 2. The lowest BCUT2D eigenvalue weighted by Gasteiger charge is -2.30. The fraction of sp³-hybridized carbons (Fsp3) is 0.276. The summed E-state index contributed by atoms with van der Waals surface area (Å²) < 4.78 is 21.6. The van der Waals surface area contributed by atoms with E-state index in [1.54, 1.807) is 12.1 Å². The molecule has 2 unspecified atom stereocenters. The Morgan fingerprint density at radius 1 is 1.03 bits per heavy atom. The maximum atomic E-state index is 15.0. The van der Waals surface area contributed by atoms with Crippen LogP contribution in [0.2, 0.25) is 0 Å². The number of hydrogen-bond donors (Lipinski definition) is 2. The highest BCUT2D eigenvalue weighted by Gasteiger charge is 2.37. The summed E-state index contributed by atoms with van der Waals surface area (Å²) in [5.41, 5.74) is 4.70. The Bertz CT molecular complexity index is 1290. The van der Waals surface area contributed by atoms with Gasteiger partial charge in [0.2, 0.25) is 0 Å². The summed E-state index contributed by atoms with van der Waals surface area (Å²) in [7, 11) is 0. The number of fused-ring (bicyclic) bond motifs is 1. The Morgan fingerprint density at radius 3 is 2.51 bits per heavy atom. The summed E-state index contributed by atoms with van der Waals surface area (Å²) in [5.74, 6) is 1.00. The van der Waals surface area contributed by atoms with Gasteiger partial charge in [-0.25, -0.2) is 4.39 Å². The molecule has 4 nitrogen and oxygen atoms in total. The highest BCUT2D eigenvalue weighted by molar-refractivity contribution is 9.10. The van der Waals surface area contributed by atoms with Gasteiger partial charge in [-0.3, -0.25) is 4.79 Å². The molecule has 3 aromatic carbocycles. The van der Waals surface area contributed by atoms with E-state index < -0.39 is 6.04 Å². The van der Waals surface area contributed by atoms with Crippen molar-refractivity contribution < 1.29 is 13.9 Å². The molecule has 0 aromatic heterocycles. The van der Waals surface area contributed by atoms with Gasteiger partial charge in [-0.05, 0) is 66.3 Å². The van der Waals surface area contributed by atoms with E-state index in [0.29, 0.717) is 36.5 Å². The van der Waals surface area contributed by atoms with E-state index >= 15 is 4.39 Å². The molecular formula is C29H28BrFN2O2. The predicted molar refractivity (Wildman–Crippen MR) is 141 cm³/mol. The van der Waals surface area contributed by atoms with Crippen molar-refractivity contribution in [1.29, 1.82) is 0 Å². The first-order valence-corrected chi connectivity index (χ1v) is 12.7. The number of anilines is 2. The minimum absolute atomic E-state index is 0.0218. The molecular weight excluding hydrogens is 507 g/mol. The summed E-state index contributed by atoms with van der Waals surface area (Å²) >= 11 is 3.46. The summed E-state index contributed by atoms with van der Waals surface area (Å²) in [6.07, 6.45) is 1.03. The van der Waals surface area contributed by atoms with Gasteiger partial charge >= 0.3 is 0 Å². The number of nitrogens with one attached hydrogen (secondary N) is 2. The molecule has 0 saturated carbocycles. The Labute approximate surface area is 213 Å². The average Bonchev–Trinajstić information content (AvgIpc) is 3.01. The van der Waals surface area contributed by atoms with E-state index in [1.165, 1.54) is 6.07 Å². The Balaban J connectivity index is 1.51. The molecule has 180 valence electrons. The van der Waals surface area contributed by atoms with Crippen LogP contribution < -0.4 is 15.4 Å². The van der Waals surface area contributed by atoms with Crippen molar-refractivity contribution in [2.45, 2.75) is 38.6 Å². The van der Waals surface area contributed by atoms with Gasteiger partial charge in [0.25, 0.3) is 0 Å². The minimum Gasteiger partial charge on any atom is -0.493 e. The maximum absolute atomic E-state index is 15.0. The lowest BCUT2D eigenvalue weighted by molar-refractivity contribution is -0.116. The minimum atomic E-state index is -0.584. The van der Waals surface area contributed by atoms with Gasteiger partial charge in [-0.1, -0.05) is 54.0 Å². The van der Waals surface area contributed by atoms with Gasteiger partial charge in [-0.2, -0.15) is 0 Å². The van der Waals surface area contributed by atoms with Crippen LogP contribution in [0, 0.1) is 11.7 Å². The predicted octanol–water partition coefficient (Wildman–Crippen LogP) is 7.60. The molecule has 0 spiro atoms. The molecule has 3 aromatic rings. The molecule has 0 fully saturated rings. The van der Waals surface area contributed by atoms with Crippen LogP contribution in [0.15, 0.2) is 82.5 Å². The molecule has 1 aliphatic carbocycles. The van der Waals surface area contributed by atoms with Crippen molar-refractivity contribution in [3.8, 4) is 5.75 Å². The molecule has 2 N–H and O–H groups in total. The molecule has 1 aliphatic heterocycles. The van der Waals surface area contributed by atoms with Gasteiger partial charge in [0.1, 0.15) is 11.6 Å². The second-order valence-corrected chi connectivity index (χ2v) is 10.5. The third-order valence-electron chi connectivity index (χ3n) is 6.51. The summed E-state index contributed by atoms with van der Waals surface area (Å²) in [6, 6.07) is 20.1. The number of rotatable bonds is 5. The van der Waals surface area contributed by atoms with Crippen molar-refractivity contribution >= 4 is 33.1 Å². The zero-order chi connectivity index (χ0) is 24.5. The summed E-state index contributed by atoms with van der Waals surface area (Å²) in [4.78, 5) is 13.6. The van der Waals surface area contributed by atoms with E-state index in [4.69, 9.17) is 4.74 Å². The topological polar surface area (TPSA) is 50.4 Å². The maximum Gasteiger partial charge on any atom is 0.163 e. The number of allylic oxidation sites excluding steroid dienone is 1. The largest absolute Gasteiger partial charge is 0.493 e. The van der Waals surface area contributed by atoms with Crippen LogP contribution >= 0.6 is 15.9 Å². The van der Waals surface area contributed by atoms with Crippen LogP contribution in [0.1, 0.15) is 49.8 Å². The van der Waals surface area contributed by atoms with Crippen molar-refractivity contribution in [1.82, 2.24) is 0 Å². The molecule has 0 amide bonds. The molecule has 5 rings (SSSR count). The number of Topliss-reactive ketones (excluding diaryl/α,β-unsaturated/α-hetero) is 1. The average molecular weight is 535 g/mol. The number of benzene rings is 3. The zero-order valence-corrected chi connectivity index (χ0v) is 21.4. The van der Waals surface area contributed by atoms with E-state index in [1.807, 2.05) is 48.5 Å². The van der Waals surface area contributed by atoms with Crippen LogP contribution in [0.4, 0.5) is 15.8 Å². The Morgan fingerprint density at radius 2 is 1.77 bits per heavy atom. The van der Waals surface area contributed by atoms with Gasteiger partial charge in [0.15, 0.2) is 5.78 Å². The van der Waals surface area contributed by atoms with Gasteiger partial charge in [0, 0.05) is 27.7 Å². The van der Waals surface area contributed by atoms with Crippen molar-refractivity contribution in [2.75, 3.05) is 17.2 Å². The molecule has 2 atom stereocenters. The lowest BCUT2D eigenvalue weighted by atomic mass is 9.78. The fourth-order valence-electron chi connectivity index (χ4n) is 4.80. The second kappa shape index (κ2) is 9.86. The second-order valence-electron chi connectivity index (χ2n) is 9.61. The number of ketones is 1. The van der Waals surface area contributed by atoms with Gasteiger partial charge in [-0.15, -0.1) is 0 Å². The first kappa shape index (κ1) is 23.6. The van der Waals surface area contributed by atoms with Crippen molar-refractivity contribution in [2.24, 2.45) is 5.92 Å². The normalized spacial score (nSPS) is 19.4.